The van der Waals surface area contributed by atoms with Crippen molar-refractivity contribution in [3.8, 4) is 0 Å². The Morgan fingerprint density at radius 3 is 2.67 bits per heavy atom. The van der Waals surface area contributed by atoms with Gasteiger partial charge in [0.25, 0.3) is 0 Å². The van der Waals surface area contributed by atoms with E-state index in [1.165, 1.54) is 19.3 Å². The summed E-state index contributed by atoms with van der Waals surface area (Å²) in [5, 5.41) is 16.9. The average Bonchev–Trinajstić information content (AvgIpc) is 2.53. The third-order valence-electron chi connectivity index (χ3n) is 5.41. The van der Waals surface area contributed by atoms with Crippen LogP contribution in [-0.2, 0) is 4.79 Å². The Kier molecular flexibility index (Phi) is 6.49. The van der Waals surface area contributed by atoms with Gasteiger partial charge in [0.2, 0.25) is 5.91 Å². The number of carbonyl (C=O) groups excluding carboxylic acids is 1. The molecule has 0 bridgehead atoms. The first-order chi connectivity index (χ1) is 10.1. The Hall–Kier alpha value is -0.610. The fraction of sp³-hybridized carbons (Fsp3) is 0.941. The zero-order valence-corrected chi connectivity index (χ0v) is 13.5. The lowest BCUT2D eigenvalue weighted by molar-refractivity contribution is -0.123. The minimum Gasteiger partial charge on any atom is -0.388 e. The van der Waals surface area contributed by atoms with Gasteiger partial charge in [0.15, 0.2) is 0 Å². The Morgan fingerprint density at radius 1 is 1.29 bits per heavy atom. The molecule has 1 aliphatic carbocycles. The highest BCUT2D eigenvalue weighted by atomic mass is 16.3. The van der Waals surface area contributed by atoms with Crippen molar-refractivity contribution in [2.75, 3.05) is 19.6 Å². The summed E-state index contributed by atoms with van der Waals surface area (Å²) in [6.45, 7) is 4.83. The Balaban J connectivity index is 1.61. The molecule has 1 atom stereocenters. The minimum atomic E-state index is -0.659. The van der Waals surface area contributed by atoms with E-state index in [9.17, 15) is 9.90 Å². The molecule has 122 valence electrons. The van der Waals surface area contributed by atoms with Crippen molar-refractivity contribution in [3.63, 3.8) is 0 Å². The van der Waals surface area contributed by atoms with Crippen LogP contribution in [0.15, 0.2) is 0 Å². The van der Waals surface area contributed by atoms with Crippen LogP contribution in [0, 0.1) is 11.8 Å². The van der Waals surface area contributed by atoms with Crippen LogP contribution in [0.4, 0.5) is 0 Å². The van der Waals surface area contributed by atoms with Crippen LogP contribution in [0.25, 0.3) is 0 Å². The Morgan fingerprint density at radius 2 is 2.05 bits per heavy atom. The van der Waals surface area contributed by atoms with E-state index < -0.39 is 5.60 Å². The average molecular weight is 296 g/mol. The second-order valence-electron chi connectivity index (χ2n) is 7.10. The molecule has 0 aromatic carbocycles. The third-order valence-corrected chi connectivity index (χ3v) is 5.41. The van der Waals surface area contributed by atoms with Gasteiger partial charge in [-0.1, -0.05) is 13.3 Å². The molecule has 0 spiro atoms. The number of piperidine rings is 1. The van der Waals surface area contributed by atoms with Gasteiger partial charge in [0.05, 0.1) is 5.60 Å². The van der Waals surface area contributed by atoms with Gasteiger partial charge >= 0.3 is 0 Å². The molecule has 3 N–H and O–H groups in total. The maximum atomic E-state index is 11.9. The van der Waals surface area contributed by atoms with Crippen molar-refractivity contribution >= 4 is 5.91 Å². The van der Waals surface area contributed by atoms with Crippen LogP contribution in [0.2, 0.25) is 0 Å². The zero-order chi connectivity index (χ0) is 15.1. The van der Waals surface area contributed by atoms with Gasteiger partial charge in [-0.15, -0.1) is 0 Å². The SMILES string of the molecule is CCC1CCC(O)(CNC(=O)CCC2CCCNC2)CC1. The molecule has 1 aliphatic heterocycles. The van der Waals surface area contributed by atoms with E-state index in [2.05, 4.69) is 17.6 Å². The number of rotatable bonds is 6. The topological polar surface area (TPSA) is 61.4 Å². The molecule has 1 heterocycles. The second kappa shape index (κ2) is 8.14. The van der Waals surface area contributed by atoms with Crippen molar-refractivity contribution in [2.24, 2.45) is 11.8 Å². The predicted molar refractivity (Wildman–Crippen MR) is 85.0 cm³/mol. The Bertz CT molecular complexity index is 319. The maximum Gasteiger partial charge on any atom is 0.220 e. The van der Waals surface area contributed by atoms with Gasteiger partial charge < -0.3 is 15.7 Å². The lowest BCUT2D eigenvalue weighted by Crippen LogP contribution is -2.45. The summed E-state index contributed by atoms with van der Waals surface area (Å²) in [6.07, 6.45) is 9.09. The van der Waals surface area contributed by atoms with Crippen LogP contribution in [-0.4, -0.2) is 36.2 Å². The highest BCUT2D eigenvalue weighted by Gasteiger charge is 2.32. The summed E-state index contributed by atoms with van der Waals surface area (Å²) < 4.78 is 0. The minimum absolute atomic E-state index is 0.103. The fourth-order valence-corrected chi connectivity index (χ4v) is 3.66. The summed E-state index contributed by atoms with van der Waals surface area (Å²) in [7, 11) is 0. The summed E-state index contributed by atoms with van der Waals surface area (Å²) in [6, 6.07) is 0. The molecular weight excluding hydrogens is 264 g/mol. The smallest absolute Gasteiger partial charge is 0.220 e. The van der Waals surface area contributed by atoms with Crippen LogP contribution in [0.3, 0.4) is 0 Å². The molecule has 2 aliphatic rings. The van der Waals surface area contributed by atoms with Crippen LogP contribution >= 0.6 is 0 Å². The van der Waals surface area contributed by atoms with Crippen LogP contribution in [0.5, 0.6) is 0 Å². The second-order valence-corrected chi connectivity index (χ2v) is 7.10. The number of aliphatic hydroxyl groups is 1. The number of hydrogen-bond acceptors (Lipinski definition) is 3. The highest BCUT2D eigenvalue weighted by molar-refractivity contribution is 5.75. The van der Waals surface area contributed by atoms with E-state index in [0.29, 0.717) is 18.9 Å². The molecule has 2 fully saturated rings. The molecule has 0 aromatic heterocycles. The Labute approximate surface area is 129 Å². The number of nitrogens with one attached hydrogen (secondary N) is 2. The first kappa shape index (κ1) is 16.8. The first-order valence-corrected chi connectivity index (χ1v) is 8.81. The third kappa shape index (κ3) is 5.59. The number of amides is 1. The molecule has 0 radical (unpaired) electrons. The van der Waals surface area contributed by atoms with Crippen molar-refractivity contribution in [1.82, 2.24) is 10.6 Å². The standard InChI is InChI=1S/C17H32N2O2/c1-2-14-7-9-17(21,10-8-14)13-19-16(20)6-5-15-4-3-11-18-12-15/h14-15,18,21H,2-13H2,1H3,(H,19,20). The summed E-state index contributed by atoms with van der Waals surface area (Å²) in [5.74, 6) is 1.51. The van der Waals surface area contributed by atoms with E-state index in [1.54, 1.807) is 0 Å². The van der Waals surface area contributed by atoms with Gasteiger partial charge in [0.1, 0.15) is 0 Å². The fourth-order valence-electron chi connectivity index (χ4n) is 3.66. The van der Waals surface area contributed by atoms with Crippen molar-refractivity contribution in [3.05, 3.63) is 0 Å². The van der Waals surface area contributed by atoms with E-state index in [0.717, 1.165) is 51.1 Å². The molecular formula is C17H32N2O2. The largest absolute Gasteiger partial charge is 0.388 e. The maximum absolute atomic E-state index is 11.9. The van der Waals surface area contributed by atoms with Crippen molar-refractivity contribution < 1.29 is 9.90 Å². The lowest BCUT2D eigenvalue weighted by atomic mass is 9.78. The highest BCUT2D eigenvalue weighted by Crippen LogP contribution is 2.33. The molecule has 1 unspecified atom stereocenters. The van der Waals surface area contributed by atoms with Crippen molar-refractivity contribution in [2.45, 2.75) is 70.3 Å². The van der Waals surface area contributed by atoms with E-state index in [1.807, 2.05) is 0 Å². The van der Waals surface area contributed by atoms with Crippen LogP contribution in [0.1, 0.15) is 64.7 Å². The lowest BCUT2D eigenvalue weighted by Gasteiger charge is -2.35. The molecule has 4 nitrogen and oxygen atoms in total. The van der Waals surface area contributed by atoms with Crippen LogP contribution < -0.4 is 10.6 Å². The molecule has 0 aromatic rings. The molecule has 1 saturated heterocycles. The van der Waals surface area contributed by atoms with E-state index >= 15 is 0 Å². The summed E-state index contributed by atoms with van der Waals surface area (Å²) in [4.78, 5) is 11.9. The van der Waals surface area contributed by atoms with Gasteiger partial charge in [0, 0.05) is 13.0 Å². The number of hydrogen-bond donors (Lipinski definition) is 3. The van der Waals surface area contributed by atoms with Crippen molar-refractivity contribution in [1.29, 1.82) is 0 Å². The monoisotopic (exact) mass is 296 g/mol. The van der Waals surface area contributed by atoms with Gasteiger partial charge in [-0.2, -0.15) is 0 Å². The van der Waals surface area contributed by atoms with E-state index in [-0.39, 0.29) is 5.91 Å². The molecule has 21 heavy (non-hydrogen) atoms. The first-order valence-electron chi connectivity index (χ1n) is 8.81. The molecule has 2 rings (SSSR count). The van der Waals surface area contributed by atoms with Gasteiger partial charge in [-0.25, -0.2) is 0 Å². The normalized spacial score (nSPS) is 33.6. The quantitative estimate of drug-likeness (QED) is 0.704. The molecule has 1 amide bonds. The number of carbonyl (C=O) groups is 1. The zero-order valence-electron chi connectivity index (χ0n) is 13.5. The van der Waals surface area contributed by atoms with E-state index in [4.69, 9.17) is 0 Å². The van der Waals surface area contributed by atoms with Gasteiger partial charge in [-0.05, 0) is 69.9 Å². The summed E-state index contributed by atoms with van der Waals surface area (Å²) in [5.41, 5.74) is -0.659. The molecule has 4 heteroatoms. The van der Waals surface area contributed by atoms with Gasteiger partial charge in [-0.3, -0.25) is 4.79 Å². The summed E-state index contributed by atoms with van der Waals surface area (Å²) >= 11 is 0. The predicted octanol–water partition coefficient (Wildman–Crippen LogP) is 2.21. The molecule has 1 saturated carbocycles.